The van der Waals surface area contributed by atoms with Crippen LogP contribution in [-0.4, -0.2) is 37.1 Å². The Bertz CT molecular complexity index is 983. The van der Waals surface area contributed by atoms with Crippen LogP contribution in [0.15, 0.2) is 36.4 Å². The molecule has 0 aromatic heterocycles. The molecule has 0 radical (unpaired) electrons. The average molecular weight is 475 g/mol. The van der Waals surface area contributed by atoms with Crippen molar-refractivity contribution >= 4 is 17.3 Å². The molecule has 2 aromatic carbocycles. The zero-order valence-corrected chi connectivity index (χ0v) is 17.7. The van der Waals surface area contributed by atoms with Crippen molar-refractivity contribution in [2.45, 2.75) is 37.8 Å². The number of rotatable bonds is 5. The van der Waals surface area contributed by atoms with Gasteiger partial charge in [0, 0.05) is 31.4 Å². The molecule has 0 unspecified atom stereocenters. The van der Waals surface area contributed by atoms with Crippen molar-refractivity contribution < 1.29 is 35.9 Å². The van der Waals surface area contributed by atoms with E-state index in [4.69, 9.17) is 10.5 Å². The lowest BCUT2D eigenvalue weighted by atomic mass is 10.0. The molecule has 1 amide bonds. The van der Waals surface area contributed by atoms with Crippen LogP contribution in [0.4, 0.5) is 37.7 Å². The lowest BCUT2D eigenvalue weighted by Gasteiger charge is -2.31. The summed E-state index contributed by atoms with van der Waals surface area (Å²) in [4.78, 5) is 14.7. The van der Waals surface area contributed by atoms with E-state index in [0.717, 1.165) is 18.4 Å². The molecule has 0 atom stereocenters. The van der Waals surface area contributed by atoms with E-state index in [9.17, 15) is 31.1 Å². The lowest BCUT2D eigenvalue weighted by Crippen LogP contribution is -2.36. The molecule has 1 saturated heterocycles. The van der Waals surface area contributed by atoms with E-state index in [1.165, 1.54) is 12.1 Å². The molecular formula is C22H23F6N3O2. The van der Waals surface area contributed by atoms with Gasteiger partial charge in [-0.25, -0.2) is 0 Å². The van der Waals surface area contributed by atoms with E-state index < -0.39 is 40.8 Å². The molecule has 180 valence electrons. The highest BCUT2D eigenvalue weighted by Crippen LogP contribution is 2.42. The summed E-state index contributed by atoms with van der Waals surface area (Å²) in [6.45, 7) is 2.01. The minimum atomic E-state index is -5.12. The number of nitrogens with two attached hydrogens (primary N) is 1. The average Bonchev–Trinajstić information content (AvgIpc) is 2.74. The molecule has 0 spiro atoms. The van der Waals surface area contributed by atoms with Gasteiger partial charge in [-0.1, -0.05) is 12.1 Å². The fraction of sp³-hybridized carbons (Fsp3) is 0.409. The number of anilines is 2. The number of benzene rings is 2. The predicted octanol–water partition coefficient (Wildman–Crippen LogP) is 5.17. The van der Waals surface area contributed by atoms with Crippen LogP contribution in [0.3, 0.4) is 0 Å². The Kier molecular flexibility index (Phi) is 7.23. The van der Waals surface area contributed by atoms with Gasteiger partial charge in [0.05, 0.1) is 22.5 Å². The zero-order valence-electron chi connectivity index (χ0n) is 17.7. The molecule has 0 bridgehead atoms. The first-order valence-corrected chi connectivity index (χ1v) is 10.1. The van der Waals surface area contributed by atoms with Crippen LogP contribution in [0, 0.1) is 0 Å². The van der Waals surface area contributed by atoms with Crippen LogP contribution in [0.2, 0.25) is 0 Å². The van der Waals surface area contributed by atoms with Crippen LogP contribution < -0.4 is 11.1 Å². The molecule has 0 saturated carbocycles. The standard InChI is InChI=1S/C22H23F6N3O2/c1-31(16-6-8-33-9-7-16)12-13-2-4-14(5-3-13)20(32)30-18-11-15(21(23,24)25)10-17(19(18)29)22(26,27)28/h2-5,10-11,16H,6-9,12,29H2,1H3,(H,30,32). The van der Waals surface area contributed by atoms with E-state index in [1.807, 2.05) is 7.05 Å². The van der Waals surface area contributed by atoms with Crippen LogP contribution >= 0.6 is 0 Å². The zero-order chi connectivity index (χ0) is 24.4. The molecule has 11 heteroatoms. The number of nitrogen functional groups attached to an aromatic ring is 1. The first-order valence-electron chi connectivity index (χ1n) is 10.1. The second-order valence-corrected chi connectivity index (χ2v) is 7.89. The number of nitrogens with one attached hydrogen (secondary N) is 1. The summed E-state index contributed by atoms with van der Waals surface area (Å²) in [5.74, 6) is -0.876. The number of hydrogen-bond donors (Lipinski definition) is 2. The maximum atomic E-state index is 13.2. The summed E-state index contributed by atoms with van der Waals surface area (Å²) >= 11 is 0. The molecule has 0 aliphatic carbocycles. The first-order chi connectivity index (χ1) is 15.4. The van der Waals surface area contributed by atoms with E-state index in [-0.39, 0.29) is 11.6 Å². The normalized spacial score (nSPS) is 15.6. The molecule has 5 nitrogen and oxygen atoms in total. The number of carbonyl (C=O) groups is 1. The highest BCUT2D eigenvalue weighted by molar-refractivity contribution is 6.06. The molecular weight excluding hydrogens is 452 g/mol. The quantitative estimate of drug-likeness (QED) is 0.463. The van der Waals surface area contributed by atoms with Crippen molar-refractivity contribution in [3.8, 4) is 0 Å². The summed E-state index contributed by atoms with van der Waals surface area (Å²) < 4.78 is 84.1. The van der Waals surface area contributed by atoms with Gasteiger partial charge in [-0.2, -0.15) is 26.3 Å². The predicted molar refractivity (Wildman–Crippen MR) is 111 cm³/mol. The van der Waals surface area contributed by atoms with Crippen LogP contribution in [0.5, 0.6) is 0 Å². The fourth-order valence-electron chi connectivity index (χ4n) is 3.65. The molecule has 2 aromatic rings. The van der Waals surface area contributed by atoms with Crippen molar-refractivity contribution in [3.05, 3.63) is 58.7 Å². The van der Waals surface area contributed by atoms with Crippen molar-refractivity contribution in [2.24, 2.45) is 0 Å². The maximum absolute atomic E-state index is 13.2. The number of carbonyl (C=O) groups excluding carboxylic acids is 1. The number of hydrogen-bond acceptors (Lipinski definition) is 4. The largest absolute Gasteiger partial charge is 0.418 e. The Labute approximate surface area is 186 Å². The second kappa shape index (κ2) is 9.60. The van der Waals surface area contributed by atoms with Gasteiger partial charge >= 0.3 is 12.4 Å². The van der Waals surface area contributed by atoms with Crippen molar-refractivity contribution in [2.75, 3.05) is 31.3 Å². The van der Waals surface area contributed by atoms with Gasteiger partial charge < -0.3 is 15.8 Å². The van der Waals surface area contributed by atoms with Gasteiger partial charge in [-0.05, 0) is 49.7 Å². The lowest BCUT2D eigenvalue weighted by molar-refractivity contribution is -0.142. The van der Waals surface area contributed by atoms with Crippen molar-refractivity contribution in [1.29, 1.82) is 0 Å². The van der Waals surface area contributed by atoms with E-state index in [0.29, 0.717) is 31.9 Å². The summed E-state index contributed by atoms with van der Waals surface area (Å²) in [5.41, 5.74) is 1.43. The number of ether oxygens (including phenoxy) is 1. The van der Waals surface area contributed by atoms with Gasteiger partial charge in [0.1, 0.15) is 0 Å². The third-order valence-electron chi connectivity index (χ3n) is 5.52. The fourth-order valence-corrected chi connectivity index (χ4v) is 3.65. The van der Waals surface area contributed by atoms with E-state index in [2.05, 4.69) is 10.2 Å². The molecule has 3 N–H and O–H groups in total. The minimum Gasteiger partial charge on any atom is -0.397 e. The molecule has 1 aliphatic rings. The number of halogens is 6. The molecule has 33 heavy (non-hydrogen) atoms. The Morgan fingerprint density at radius 1 is 1.06 bits per heavy atom. The van der Waals surface area contributed by atoms with Gasteiger partial charge in [0.2, 0.25) is 0 Å². The van der Waals surface area contributed by atoms with E-state index in [1.54, 1.807) is 12.1 Å². The topological polar surface area (TPSA) is 67.6 Å². The van der Waals surface area contributed by atoms with Crippen molar-refractivity contribution in [3.63, 3.8) is 0 Å². The summed E-state index contributed by atoms with van der Waals surface area (Å²) in [6.07, 6.45) is -8.35. The van der Waals surface area contributed by atoms with Gasteiger partial charge in [-0.3, -0.25) is 9.69 Å². The van der Waals surface area contributed by atoms with Gasteiger partial charge in [0.25, 0.3) is 5.91 Å². The summed E-state index contributed by atoms with van der Waals surface area (Å²) in [6, 6.07) is 6.96. The molecule has 3 rings (SSSR count). The third-order valence-corrected chi connectivity index (χ3v) is 5.52. The Balaban J connectivity index is 1.77. The van der Waals surface area contributed by atoms with Crippen LogP contribution in [-0.2, 0) is 23.6 Å². The smallest absolute Gasteiger partial charge is 0.397 e. The van der Waals surface area contributed by atoms with Crippen LogP contribution in [0.25, 0.3) is 0 Å². The number of nitrogens with zero attached hydrogens (tertiary/aromatic N) is 1. The Hall–Kier alpha value is -2.79. The Morgan fingerprint density at radius 3 is 2.21 bits per heavy atom. The van der Waals surface area contributed by atoms with Crippen LogP contribution in [0.1, 0.15) is 39.9 Å². The van der Waals surface area contributed by atoms with Crippen molar-refractivity contribution in [1.82, 2.24) is 4.90 Å². The third kappa shape index (κ3) is 6.17. The SMILES string of the molecule is CN(Cc1ccc(C(=O)Nc2cc(C(F)(F)F)cc(C(F)(F)F)c2N)cc1)C1CCOCC1. The molecule has 1 fully saturated rings. The monoisotopic (exact) mass is 475 g/mol. The highest BCUT2D eigenvalue weighted by Gasteiger charge is 2.39. The maximum Gasteiger partial charge on any atom is 0.418 e. The number of amides is 1. The Morgan fingerprint density at radius 2 is 1.67 bits per heavy atom. The first kappa shape index (κ1) is 24.8. The van der Waals surface area contributed by atoms with Gasteiger partial charge in [0.15, 0.2) is 0 Å². The second-order valence-electron chi connectivity index (χ2n) is 7.89. The summed E-state index contributed by atoms with van der Waals surface area (Å²) in [7, 11) is 1.98. The molecule has 1 aliphatic heterocycles. The van der Waals surface area contributed by atoms with Gasteiger partial charge in [-0.15, -0.1) is 0 Å². The molecule has 1 heterocycles. The summed E-state index contributed by atoms with van der Waals surface area (Å²) in [5, 5.41) is 2.08. The van der Waals surface area contributed by atoms with E-state index >= 15 is 0 Å². The minimum absolute atomic E-state index is 0.0674. The number of alkyl halides is 6. The highest BCUT2D eigenvalue weighted by atomic mass is 19.4.